The van der Waals surface area contributed by atoms with Gasteiger partial charge in [0.2, 0.25) is 5.91 Å². The second-order valence-corrected chi connectivity index (χ2v) is 5.57. The van der Waals surface area contributed by atoms with E-state index in [0.717, 1.165) is 19.3 Å². The molecule has 1 saturated carbocycles. The average Bonchev–Trinajstić information content (AvgIpc) is 2.37. The van der Waals surface area contributed by atoms with Crippen LogP contribution < -0.4 is 16.4 Å². The Morgan fingerprint density at radius 1 is 1.21 bits per heavy atom. The van der Waals surface area contributed by atoms with Crippen LogP contribution in [0.2, 0.25) is 0 Å². The van der Waals surface area contributed by atoms with Crippen molar-refractivity contribution in [1.82, 2.24) is 15.5 Å². The Morgan fingerprint density at radius 2 is 1.84 bits per heavy atom. The Labute approximate surface area is 115 Å². The van der Waals surface area contributed by atoms with Gasteiger partial charge >= 0.3 is 6.03 Å². The molecule has 6 nitrogen and oxygen atoms in total. The lowest BCUT2D eigenvalue weighted by atomic mass is 9.79. The number of nitrogens with two attached hydrogens (primary N) is 1. The Balaban J connectivity index is 2.19. The lowest BCUT2D eigenvalue weighted by molar-refractivity contribution is -0.126. The van der Waals surface area contributed by atoms with Gasteiger partial charge in [0.05, 0.1) is 0 Å². The van der Waals surface area contributed by atoms with Gasteiger partial charge in [0.1, 0.15) is 0 Å². The van der Waals surface area contributed by atoms with Crippen molar-refractivity contribution in [2.24, 2.45) is 17.6 Å². The summed E-state index contributed by atoms with van der Waals surface area (Å²) in [4.78, 5) is 24.7. The van der Waals surface area contributed by atoms with Crippen LogP contribution in [0.1, 0.15) is 26.2 Å². The van der Waals surface area contributed by atoms with Crippen molar-refractivity contribution in [3.63, 3.8) is 0 Å². The zero-order valence-electron chi connectivity index (χ0n) is 12.1. The van der Waals surface area contributed by atoms with E-state index in [1.807, 2.05) is 0 Å². The van der Waals surface area contributed by atoms with E-state index in [0.29, 0.717) is 19.0 Å². The summed E-state index contributed by atoms with van der Waals surface area (Å²) in [6.45, 7) is 3.03. The fourth-order valence-electron chi connectivity index (χ4n) is 2.25. The largest absolute Gasteiger partial charge is 0.354 e. The summed E-state index contributed by atoms with van der Waals surface area (Å²) in [5, 5.41) is 5.56. The highest BCUT2D eigenvalue weighted by atomic mass is 16.2. The Hall–Kier alpha value is -1.30. The molecule has 3 amide bonds. The van der Waals surface area contributed by atoms with Crippen LogP contribution in [-0.4, -0.2) is 50.1 Å². The second kappa shape index (κ2) is 7.33. The number of nitrogens with one attached hydrogen (secondary N) is 2. The topological polar surface area (TPSA) is 87.5 Å². The molecule has 0 aromatic rings. The van der Waals surface area contributed by atoms with Gasteiger partial charge in [-0.2, -0.15) is 0 Å². The maximum Gasteiger partial charge on any atom is 0.316 e. The number of hydrogen-bond donors (Lipinski definition) is 3. The smallest absolute Gasteiger partial charge is 0.316 e. The molecule has 0 aliphatic heterocycles. The summed E-state index contributed by atoms with van der Waals surface area (Å²) in [6.07, 6.45) is 2.68. The van der Waals surface area contributed by atoms with E-state index in [1.165, 1.54) is 4.90 Å². The van der Waals surface area contributed by atoms with E-state index in [-0.39, 0.29) is 23.9 Å². The molecule has 1 rings (SSSR count). The fourth-order valence-corrected chi connectivity index (χ4v) is 2.25. The second-order valence-electron chi connectivity index (χ2n) is 5.57. The molecular formula is C13H26N4O2. The number of nitrogens with zero attached hydrogens (tertiary/aromatic N) is 1. The molecule has 0 bridgehead atoms. The molecular weight excluding hydrogens is 244 g/mol. The van der Waals surface area contributed by atoms with Crippen molar-refractivity contribution in [2.45, 2.75) is 32.2 Å². The van der Waals surface area contributed by atoms with Crippen LogP contribution in [0.4, 0.5) is 4.79 Å². The molecule has 6 heteroatoms. The summed E-state index contributed by atoms with van der Waals surface area (Å²) in [5.74, 6) is 0.584. The van der Waals surface area contributed by atoms with Gasteiger partial charge in [-0.15, -0.1) is 0 Å². The fraction of sp³-hybridized carbons (Fsp3) is 0.846. The highest BCUT2D eigenvalue weighted by molar-refractivity contribution is 5.79. The maximum absolute atomic E-state index is 11.9. The standard InChI is InChI=1S/C13H26N4O2/c1-9-4-5-10(8-11(9)14)12(18)15-6-7-16-13(19)17(2)3/h9-11H,4-8,14H2,1-3H3,(H,15,18)(H,16,19). The number of carbonyl (C=O) groups excluding carboxylic acids is 2. The van der Waals surface area contributed by atoms with Crippen LogP contribution in [-0.2, 0) is 4.79 Å². The molecule has 1 fully saturated rings. The third-order valence-electron chi connectivity index (χ3n) is 3.74. The zero-order chi connectivity index (χ0) is 14.4. The molecule has 0 aromatic heterocycles. The minimum atomic E-state index is -0.150. The van der Waals surface area contributed by atoms with Crippen LogP contribution in [0.5, 0.6) is 0 Å². The van der Waals surface area contributed by atoms with Crippen molar-refractivity contribution >= 4 is 11.9 Å². The summed E-state index contributed by atoms with van der Waals surface area (Å²) in [5.41, 5.74) is 5.99. The predicted octanol–water partition coefficient (Wildman–Crippen LogP) is 0.137. The van der Waals surface area contributed by atoms with Crippen molar-refractivity contribution in [2.75, 3.05) is 27.2 Å². The van der Waals surface area contributed by atoms with Gasteiger partial charge in [-0.05, 0) is 25.2 Å². The molecule has 3 unspecified atom stereocenters. The van der Waals surface area contributed by atoms with Gasteiger partial charge in [0, 0.05) is 39.1 Å². The van der Waals surface area contributed by atoms with Gasteiger partial charge in [0.15, 0.2) is 0 Å². The number of carbonyl (C=O) groups is 2. The molecule has 3 atom stereocenters. The van der Waals surface area contributed by atoms with Crippen LogP contribution >= 0.6 is 0 Å². The summed E-state index contributed by atoms with van der Waals surface area (Å²) < 4.78 is 0. The van der Waals surface area contributed by atoms with Crippen LogP contribution in [0.15, 0.2) is 0 Å². The monoisotopic (exact) mass is 270 g/mol. The van der Waals surface area contributed by atoms with E-state index in [2.05, 4.69) is 17.6 Å². The van der Waals surface area contributed by atoms with Crippen molar-refractivity contribution in [1.29, 1.82) is 0 Å². The highest BCUT2D eigenvalue weighted by Gasteiger charge is 2.29. The molecule has 1 aliphatic rings. The number of hydrogen-bond acceptors (Lipinski definition) is 3. The summed E-state index contributed by atoms with van der Waals surface area (Å²) in [6, 6.07) is -0.0271. The minimum Gasteiger partial charge on any atom is -0.354 e. The van der Waals surface area contributed by atoms with Gasteiger partial charge in [-0.1, -0.05) is 6.92 Å². The van der Waals surface area contributed by atoms with Gasteiger partial charge < -0.3 is 21.3 Å². The molecule has 19 heavy (non-hydrogen) atoms. The van der Waals surface area contributed by atoms with Gasteiger partial charge in [-0.25, -0.2) is 4.79 Å². The lowest BCUT2D eigenvalue weighted by Gasteiger charge is -2.31. The first-order chi connectivity index (χ1) is 8.91. The third-order valence-corrected chi connectivity index (χ3v) is 3.74. The normalized spacial score (nSPS) is 26.6. The quantitative estimate of drug-likeness (QED) is 0.635. The van der Waals surface area contributed by atoms with E-state index in [4.69, 9.17) is 5.73 Å². The van der Waals surface area contributed by atoms with E-state index in [9.17, 15) is 9.59 Å². The molecule has 0 spiro atoms. The van der Waals surface area contributed by atoms with E-state index < -0.39 is 0 Å². The van der Waals surface area contributed by atoms with E-state index in [1.54, 1.807) is 14.1 Å². The molecule has 110 valence electrons. The maximum atomic E-state index is 11.9. The highest BCUT2D eigenvalue weighted by Crippen LogP contribution is 2.27. The molecule has 0 saturated heterocycles. The number of rotatable bonds is 4. The lowest BCUT2D eigenvalue weighted by Crippen LogP contribution is -2.44. The van der Waals surface area contributed by atoms with Crippen molar-refractivity contribution in [3.05, 3.63) is 0 Å². The molecule has 0 heterocycles. The molecule has 4 N–H and O–H groups in total. The molecule has 0 radical (unpaired) electrons. The van der Waals surface area contributed by atoms with Crippen LogP contribution in [0.3, 0.4) is 0 Å². The predicted molar refractivity (Wildman–Crippen MR) is 74.6 cm³/mol. The molecule has 0 aromatic carbocycles. The number of urea groups is 1. The van der Waals surface area contributed by atoms with Crippen LogP contribution in [0.25, 0.3) is 0 Å². The number of amides is 3. The Morgan fingerprint density at radius 3 is 2.42 bits per heavy atom. The van der Waals surface area contributed by atoms with Gasteiger partial charge in [-0.3, -0.25) is 4.79 Å². The SMILES string of the molecule is CC1CCC(C(=O)NCCNC(=O)N(C)C)CC1N. The minimum absolute atomic E-state index is 0.0238. The first-order valence-electron chi connectivity index (χ1n) is 6.90. The summed E-state index contributed by atoms with van der Waals surface area (Å²) >= 11 is 0. The third kappa shape index (κ3) is 5.06. The first-order valence-corrected chi connectivity index (χ1v) is 6.90. The zero-order valence-corrected chi connectivity index (χ0v) is 12.1. The summed E-state index contributed by atoms with van der Waals surface area (Å²) in [7, 11) is 3.36. The first kappa shape index (κ1) is 15.8. The Kier molecular flexibility index (Phi) is 6.08. The molecule has 1 aliphatic carbocycles. The van der Waals surface area contributed by atoms with Gasteiger partial charge in [0.25, 0.3) is 0 Å². The van der Waals surface area contributed by atoms with Crippen LogP contribution in [0, 0.1) is 11.8 Å². The Bertz CT molecular complexity index is 320. The van der Waals surface area contributed by atoms with Crippen molar-refractivity contribution in [3.8, 4) is 0 Å². The van der Waals surface area contributed by atoms with Crippen molar-refractivity contribution < 1.29 is 9.59 Å². The van der Waals surface area contributed by atoms with E-state index >= 15 is 0 Å². The average molecular weight is 270 g/mol.